The number of aryl methyl sites for hydroxylation is 1. The Labute approximate surface area is 128 Å². The molecule has 1 unspecified atom stereocenters. The Morgan fingerprint density at radius 1 is 1.43 bits per heavy atom. The van der Waals surface area contributed by atoms with Crippen molar-refractivity contribution < 1.29 is 14.7 Å². The smallest absolute Gasteiger partial charge is 0.347 e. The van der Waals surface area contributed by atoms with Gasteiger partial charge >= 0.3 is 5.97 Å². The molecule has 1 heterocycles. The second-order valence-corrected chi connectivity index (χ2v) is 6.62. The Bertz CT molecular complexity index is 500. The first-order valence-corrected chi connectivity index (χ1v) is 7.81. The van der Waals surface area contributed by atoms with Crippen molar-refractivity contribution in [3.8, 4) is 0 Å². The van der Waals surface area contributed by atoms with E-state index >= 15 is 0 Å². The summed E-state index contributed by atoms with van der Waals surface area (Å²) in [5, 5.41) is 12.3. The summed E-state index contributed by atoms with van der Waals surface area (Å²) in [6, 6.07) is 0. The van der Waals surface area contributed by atoms with Gasteiger partial charge in [0.25, 0.3) is 0 Å². The van der Waals surface area contributed by atoms with Crippen LogP contribution in [0.2, 0.25) is 0 Å². The van der Waals surface area contributed by atoms with Gasteiger partial charge in [0.05, 0.1) is 12.2 Å². The molecular formula is C14H23N3O3S. The van der Waals surface area contributed by atoms with Crippen molar-refractivity contribution in [1.29, 1.82) is 0 Å². The summed E-state index contributed by atoms with van der Waals surface area (Å²) in [5.74, 6) is -0.373. The van der Waals surface area contributed by atoms with Crippen molar-refractivity contribution in [3.05, 3.63) is 15.6 Å². The molecule has 6 nitrogen and oxygen atoms in total. The van der Waals surface area contributed by atoms with E-state index in [2.05, 4.69) is 24.1 Å². The van der Waals surface area contributed by atoms with Crippen molar-refractivity contribution >= 4 is 23.2 Å². The first-order valence-electron chi connectivity index (χ1n) is 6.99. The van der Waals surface area contributed by atoms with Crippen LogP contribution < -0.4 is 11.1 Å². The van der Waals surface area contributed by atoms with Gasteiger partial charge in [0.2, 0.25) is 5.91 Å². The van der Waals surface area contributed by atoms with E-state index in [1.54, 1.807) is 6.92 Å². The van der Waals surface area contributed by atoms with Gasteiger partial charge < -0.3 is 16.2 Å². The third-order valence-electron chi connectivity index (χ3n) is 3.08. The van der Waals surface area contributed by atoms with Crippen LogP contribution in [0.3, 0.4) is 0 Å². The predicted octanol–water partition coefficient (Wildman–Crippen LogP) is 1.78. The first-order chi connectivity index (χ1) is 9.83. The Morgan fingerprint density at radius 3 is 2.57 bits per heavy atom. The maximum atomic E-state index is 11.9. The van der Waals surface area contributed by atoms with Crippen LogP contribution in [0.5, 0.6) is 0 Å². The summed E-state index contributed by atoms with van der Waals surface area (Å²) < 4.78 is 0. The molecule has 7 heteroatoms. The van der Waals surface area contributed by atoms with E-state index in [1.807, 2.05) is 0 Å². The third-order valence-corrected chi connectivity index (χ3v) is 4.23. The van der Waals surface area contributed by atoms with Crippen molar-refractivity contribution in [1.82, 2.24) is 10.3 Å². The minimum Gasteiger partial charge on any atom is -0.477 e. The molecule has 1 aromatic heterocycles. The molecule has 0 fully saturated rings. The minimum absolute atomic E-state index is 0.0733. The molecule has 0 bridgehead atoms. The van der Waals surface area contributed by atoms with E-state index in [4.69, 9.17) is 10.8 Å². The number of carboxylic acid groups (broad SMARTS) is 1. The number of nitrogens with zero attached hydrogens (tertiary/aromatic N) is 1. The van der Waals surface area contributed by atoms with Crippen molar-refractivity contribution in [2.24, 2.45) is 17.6 Å². The molecule has 1 atom stereocenters. The molecule has 0 aromatic carbocycles. The van der Waals surface area contributed by atoms with Gasteiger partial charge in [-0.3, -0.25) is 4.79 Å². The molecule has 4 N–H and O–H groups in total. The molecule has 118 valence electrons. The summed E-state index contributed by atoms with van der Waals surface area (Å²) in [6.07, 6.45) is 1.31. The van der Waals surface area contributed by atoms with Gasteiger partial charge in [0.1, 0.15) is 9.88 Å². The van der Waals surface area contributed by atoms with Crippen LogP contribution >= 0.6 is 11.3 Å². The van der Waals surface area contributed by atoms with Crippen LogP contribution in [0.4, 0.5) is 0 Å². The molecule has 0 saturated carbocycles. The Morgan fingerprint density at radius 2 is 2.10 bits per heavy atom. The maximum Gasteiger partial charge on any atom is 0.347 e. The van der Waals surface area contributed by atoms with Gasteiger partial charge in [-0.15, -0.1) is 11.3 Å². The Balaban J connectivity index is 2.49. The van der Waals surface area contributed by atoms with Gasteiger partial charge in [-0.2, -0.15) is 0 Å². The van der Waals surface area contributed by atoms with Crippen LogP contribution in [-0.2, 0) is 11.3 Å². The molecule has 0 radical (unpaired) electrons. The molecule has 1 amide bonds. The highest BCUT2D eigenvalue weighted by Crippen LogP contribution is 2.18. The Kier molecular flexibility index (Phi) is 6.77. The van der Waals surface area contributed by atoms with Gasteiger partial charge in [0.15, 0.2) is 0 Å². The van der Waals surface area contributed by atoms with Crippen LogP contribution in [0.15, 0.2) is 0 Å². The molecule has 1 aromatic rings. The van der Waals surface area contributed by atoms with Crippen molar-refractivity contribution in [2.75, 3.05) is 6.54 Å². The zero-order valence-electron chi connectivity index (χ0n) is 12.7. The highest BCUT2D eigenvalue weighted by Gasteiger charge is 2.16. The fraction of sp³-hybridized carbons (Fsp3) is 0.643. The largest absolute Gasteiger partial charge is 0.477 e. The van der Waals surface area contributed by atoms with Crippen LogP contribution in [0.1, 0.15) is 47.1 Å². The molecule has 21 heavy (non-hydrogen) atoms. The second-order valence-electron chi connectivity index (χ2n) is 5.54. The zero-order chi connectivity index (χ0) is 16.0. The second kappa shape index (κ2) is 8.09. The molecule has 0 aliphatic heterocycles. The molecule has 1 rings (SSSR count). The highest BCUT2D eigenvalue weighted by molar-refractivity contribution is 7.13. The van der Waals surface area contributed by atoms with Gasteiger partial charge in [-0.1, -0.05) is 13.8 Å². The number of hydrogen-bond acceptors (Lipinski definition) is 5. The summed E-state index contributed by atoms with van der Waals surface area (Å²) in [4.78, 5) is 27.2. The molecule has 0 aliphatic rings. The summed E-state index contributed by atoms with van der Waals surface area (Å²) in [6.45, 7) is 6.61. The predicted molar refractivity (Wildman–Crippen MR) is 82.3 cm³/mol. The number of carbonyl (C=O) groups excluding carboxylic acids is 1. The van der Waals surface area contributed by atoms with Gasteiger partial charge in [0, 0.05) is 6.42 Å². The third kappa shape index (κ3) is 5.81. The lowest BCUT2D eigenvalue weighted by molar-refractivity contribution is -0.122. The number of amides is 1. The molecule has 0 saturated heterocycles. The number of hydrogen-bond donors (Lipinski definition) is 3. The normalized spacial score (nSPS) is 12.4. The lowest BCUT2D eigenvalue weighted by Crippen LogP contribution is -2.28. The van der Waals surface area contributed by atoms with Gasteiger partial charge in [-0.25, -0.2) is 9.78 Å². The van der Waals surface area contributed by atoms with Crippen LogP contribution in [0.25, 0.3) is 0 Å². The SMILES string of the molecule is Cc1nc(CNC(=O)CC(CN)CC(C)C)sc1C(=O)O. The van der Waals surface area contributed by atoms with E-state index < -0.39 is 5.97 Å². The number of nitrogens with two attached hydrogens (primary N) is 1. The lowest BCUT2D eigenvalue weighted by atomic mass is 9.94. The molecule has 0 spiro atoms. The number of carbonyl (C=O) groups is 2. The maximum absolute atomic E-state index is 11.9. The highest BCUT2D eigenvalue weighted by atomic mass is 32.1. The summed E-state index contributed by atoms with van der Waals surface area (Å²) in [7, 11) is 0. The summed E-state index contributed by atoms with van der Waals surface area (Å²) >= 11 is 1.09. The topological polar surface area (TPSA) is 105 Å². The van der Waals surface area contributed by atoms with E-state index in [1.165, 1.54) is 0 Å². The fourth-order valence-corrected chi connectivity index (χ4v) is 3.01. The van der Waals surface area contributed by atoms with Crippen LogP contribution in [0, 0.1) is 18.8 Å². The average molecular weight is 313 g/mol. The Hall–Kier alpha value is -1.47. The fourth-order valence-electron chi connectivity index (χ4n) is 2.16. The number of carboxylic acids is 1. The monoisotopic (exact) mass is 313 g/mol. The number of aromatic carboxylic acids is 1. The standard InChI is InChI=1S/C14H23N3O3S/c1-8(2)4-10(6-15)5-11(18)16-7-12-17-9(3)13(21-12)14(19)20/h8,10H,4-7,15H2,1-3H3,(H,16,18)(H,19,20). The van der Waals surface area contributed by atoms with E-state index in [0.29, 0.717) is 29.6 Å². The number of thiazole rings is 1. The van der Waals surface area contributed by atoms with Crippen molar-refractivity contribution in [2.45, 2.75) is 40.2 Å². The number of rotatable bonds is 8. The lowest BCUT2D eigenvalue weighted by Gasteiger charge is -2.16. The first kappa shape index (κ1) is 17.6. The van der Waals surface area contributed by atoms with Crippen LogP contribution in [-0.4, -0.2) is 28.5 Å². The van der Waals surface area contributed by atoms with E-state index in [0.717, 1.165) is 17.8 Å². The zero-order valence-corrected chi connectivity index (χ0v) is 13.5. The number of aromatic nitrogens is 1. The van der Waals surface area contributed by atoms with E-state index in [9.17, 15) is 9.59 Å². The van der Waals surface area contributed by atoms with Crippen molar-refractivity contribution in [3.63, 3.8) is 0 Å². The minimum atomic E-state index is -0.984. The van der Waals surface area contributed by atoms with Gasteiger partial charge in [-0.05, 0) is 31.7 Å². The quantitative estimate of drug-likeness (QED) is 0.678. The van der Waals surface area contributed by atoms with E-state index in [-0.39, 0.29) is 23.2 Å². The number of nitrogens with one attached hydrogen (secondary N) is 1. The molecular weight excluding hydrogens is 290 g/mol. The average Bonchev–Trinajstić information content (AvgIpc) is 2.76. The molecule has 0 aliphatic carbocycles. The summed E-state index contributed by atoms with van der Waals surface area (Å²) in [5.41, 5.74) is 6.16.